The Balaban J connectivity index is 2.16. The number of rotatable bonds is 4. The molecule has 0 atom stereocenters. The minimum Gasteiger partial charge on any atom is -0.478 e. The average molecular weight is 294 g/mol. The minimum absolute atomic E-state index is 0.0138. The van der Waals surface area contributed by atoms with Crippen molar-refractivity contribution in [1.82, 2.24) is 4.98 Å². The first-order chi connectivity index (χ1) is 9.47. The summed E-state index contributed by atoms with van der Waals surface area (Å²) < 4.78 is 13.4. The summed E-state index contributed by atoms with van der Waals surface area (Å²) >= 11 is 1.42. The number of anilines is 1. The first-order valence-corrected chi connectivity index (χ1v) is 6.58. The monoisotopic (exact) mass is 294 g/mol. The summed E-state index contributed by atoms with van der Waals surface area (Å²) in [6.07, 6.45) is 0.0138. The van der Waals surface area contributed by atoms with Crippen molar-refractivity contribution < 1.29 is 19.1 Å². The van der Waals surface area contributed by atoms with Crippen LogP contribution in [0.5, 0.6) is 0 Å². The van der Waals surface area contributed by atoms with Gasteiger partial charge in [-0.3, -0.25) is 4.79 Å². The summed E-state index contributed by atoms with van der Waals surface area (Å²) in [7, 11) is 0. The summed E-state index contributed by atoms with van der Waals surface area (Å²) in [5.41, 5.74) is -0.0111. The molecule has 0 saturated heterocycles. The number of halogens is 1. The highest BCUT2D eigenvalue weighted by Gasteiger charge is 2.17. The molecule has 7 heteroatoms. The summed E-state index contributed by atoms with van der Waals surface area (Å²) in [5, 5.41) is 13.9. The van der Waals surface area contributed by atoms with Gasteiger partial charge in [0.25, 0.3) is 0 Å². The van der Waals surface area contributed by atoms with Gasteiger partial charge in [-0.15, -0.1) is 11.3 Å². The first-order valence-electron chi connectivity index (χ1n) is 5.70. The quantitative estimate of drug-likeness (QED) is 0.908. The van der Waals surface area contributed by atoms with E-state index in [-0.39, 0.29) is 12.1 Å². The van der Waals surface area contributed by atoms with Crippen LogP contribution in [0.25, 0.3) is 0 Å². The number of nitrogens with zero attached hydrogens (tertiary/aromatic N) is 1. The van der Waals surface area contributed by atoms with Crippen LogP contribution in [0.1, 0.15) is 21.1 Å². The summed E-state index contributed by atoms with van der Waals surface area (Å²) in [4.78, 5) is 26.9. The van der Waals surface area contributed by atoms with Crippen LogP contribution in [0.4, 0.5) is 10.1 Å². The lowest BCUT2D eigenvalue weighted by atomic mass is 10.1. The van der Waals surface area contributed by atoms with Crippen molar-refractivity contribution in [3.05, 3.63) is 45.7 Å². The van der Waals surface area contributed by atoms with Crippen LogP contribution in [0.3, 0.4) is 0 Å². The van der Waals surface area contributed by atoms with Crippen molar-refractivity contribution in [3.8, 4) is 0 Å². The summed E-state index contributed by atoms with van der Waals surface area (Å²) in [5.74, 6) is -2.76. The Morgan fingerprint density at radius 2 is 2.20 bits per heavy atom. The van der Waals surface area contributed by atoms with E-state index in [1.807, 2.05) is 6.92 Å². The molecule has 2 N–H and O–H groups in total. The van der Waals surface area contributed by atoms with Gasteiger partial charge >= 0.3 is 5.97 Å². The van der Waals surface area contributed by atoms with E-state index in [0.717, 1.165) is 11.1 Å². The minimum atomic E-state index is -1.43. The maximum absolute atomic E-state index is 13.4. The molecular weight excluding hydrogens is 283 g/mol. The molecule has 0 aliphatic heterocycles. The van der Waals surface area contributed by atoms with Crippen LogP contribution in [0.2, 0.25) is 0 Å². The normalized spacial score (nSPS) is 10.3. The van der Waals surface area contributed by atoms with E-state index in [1.165, 1.54) is 23.5 Å². The highest BCUT2D eigenvalue weighted by atomic mass is 32.1. The molecule has 1 heterocycles. The molecule has 0 bridgehead atoms. The van der Waals surface area contributed by atoms with Crippen LogP contribution in [-0.2, 0) is 11.2 Å². The van der Waals surface area contributed by atoms with E-state index in [1.54, 1.807) is 5.38 Å². The Labute approximate surface area is 118 Å². The standard InChI is InChI=1S/C13H11FN2O3S/c1-7-15-8(6-20-7)5-11(17)16-10-4-2-3-9(14)12(10)13(18)19/h2-4,6H,5H2,1H3,(H,16,17)(H,18,19). The second-order valence-corrected chi connectivity index (χ2v) is 5.11. The molecular formula is C13H11FN2O3S. The van der Waals surface area contributed by atoms with Crippen molar-refractivity contribution in [2.75, 3.05) is 5.32 Å². The number of carboxylic acids is 1. The predicted molar refractivity (Wildman–Crippen MR) is 72.5 cm³/mol. The number of aromatic nitrogens is 1. The van der Waals surface area contributed by atoms with Crippen molar-refractivity contribution in [2.24, 2.45) is 0 Å². The number of carboxylic acid groups (broad SMARTS) is 1. The zero-order chi connectivity index (χ0) is 14.7. The summed E-state index contributed by atoms with van der Waals surface area (Å²) in [6, 6.07) is 3.71. The lowest BCUT2D eigenvalue weighted by Gasteiger charge is -2.08. The summed E-state index contributed by atoms with van der Waals surface area (Å²) in [6.45, 7) is 1.82. The van der Waals surface area contributed by atoms with Gasteiger partial charge in [0.1, 0.15) is 11.4 Å². The number of thiazole rings is 1. The highest BCUT2D eigenvalue weighted by molar-refractivity contribution is 7.09. The highest BCUT2D eigenvalue weighted by Crippen LogP contribution is 2.19. The van der Waals surface area contributed by atoms with Gasteiger partial charge in [-0.2, -0.15) is 0 Å². The van der Waals surface area contributed by atoms with Crippen LogP contribution in [-0.4, -0.2) is 22.0 Å². The van der Waals surface area contributed by atoms with E-state index in [2.05, 4.69) is 10.3 Å². The lowest BCUT2D eigenvalue weighted by Crippen LogP contribution is -2.17. The Hall–Kier alpha value is -2.28. The number of aromatic carboxylic acids is 1. The molecule has 20 heavy (non-hydrogen) atoms. The fourth-order valence-electron chi connectivity index (χ4n) is 1.69. The molecule has 0 fully saturated rings. The van der Waals surface area contributed by atoms with Gasteiger partial charge in [-0.1, -0.05) is 6.07 Å². The van der Waals surface area contributed by atoms with Crippen molar-refractivity contribution in [2.45, 2.75) is 13.3 Å². The number of nitrogens with one attached hydrogen (secondary N) is 1. The number of aryl methyl sites for hydroxylation is 1. The van der Waals surface area contributed by atoms with Gasteiger partial charge in [0.05, 0.1) is 22.8 Å². The second-order valence-electron chi connectivity index (χ2n) is 4.05. The average Bonchev–Trinajstić information content (AvgIpc) is 2.74. The van der Waals surface area contributed by atoms with E-state index >= 15 is 0 Å². The largest absolute Gasteiger partial charge is 0.478 e. The molecule has 1 aromatic heterocycles. The number of hydrogen-bond acceptors (Lipinski definition) is 4. The molecule has 1 amide bonds. The molecule has 0 aliphatic rings. The third-order valence-electron chi connectivity index (χ3n) is 2.51. The van der Waals surface area contributed by atoms with Crippen molar-refractivity contribution in [3.63, 3.8) is 0 Å². The molecule has 104 valence electrons. The third kappa shape index (κ3) is 3.18. The number of carbonyl (C=O) groups excluding carboxylic acids is 1. The Morgan fingerprint density at radius 3 is 2.80 bits per heavy atom. The molecule has 2 aromatic rings. The van der Waals surface area contributed by atoms with Gasteiger partial charge in [0.2, 0.25) is 5.91 Å². The fourth-order valence-corrected chi connectivity index (χ4v) is 2.31. The maximum Gasteiger partial charge on any atom is 0.340 e. The van der Waals surface area contributed by atoms with E-state index in [9.17, 15) is 14.0 Å². The van der Waals surface area contributed by atoms with Crippen molar-refractivity contribution >= 4 is 28.9 Å². The van der Waals surface area contributed by atoms with E-state index in [4.69, 9.17) is 5.11 Å². The van der Waals surface area contributed by atoms with Gasteiger partial charge in [0, 0.05) is 5.38 Å². The lowest BCUT2D eigenvalue weighted by molar-refractivity contribution is -0.115. The molecule has 0 aliphatic carbocycles. The first kappa shape index (κ1) is 14.1. The van der Waals surface area contributed by atoms with Crippen LogP contribution >= 0.6 is 11.3 Å². The van der Waals surface area contributed by atoms with Crippen LogP contribution < -0.4 is 5.32 Å². The molecule has 1 aromatic carbocycles. The third-order valence-corrected chi connectivity index (χ3v) is 3.33. The molecule has 0 spiro atoms. The molecule has 5 nitrogen and oxygen atoms in total. The Kier molecular flexibility index (Phi) is 4.09. The zero-order valence-electron chi connectivity index (χ0n) is 10.5. The van der Waals surface area contributed by atoms with Gasteiger partial charge < -0.3 is 10.4 Å². The number of benzene rings is 1. The predicted octanol–water partition coefficient (Wildman–Crippen LogP) is 2.47. The molecule has 0 radical (unpaired) electrons. The van der Waals surface area contributed by atoms with Gasteiger partial charge in [-0.25, -0.2) is 14.2 Å². The Bertz CT molecular complexity index is 669. The number of amides is 1. The van der Waals surface area contributed by atoms with E-state index < -0.39 is 23.3 Å². The van der Waals surface area contributed by atoms with Crippen molar-refractivity contribution in [1.29, 1.82) is 0 Å². The number of hydrogen-bond donors (Lipinski definition) is 2. The molecule has 0 saturated carbocycles. The maximum atomic E-state index is 13.4. The smallest absolute Gasteiger partial charge is 0.340 e. The second kappa shape index (κ2) is 5.79. The molecule has 0 unspecified atom stereocenters. The fraction of sp³-hybridized carbons (Fsp3) is 0.154. The molecule has 2 rings (SSSR count). The Morgan fingerprint density at radius 1 is 1.45 bits per heavy atom. The number of carbonyl (C=O) groups is 2. The van der Waals surface area contributed by atoms with Gasteiger partial charge in [0.15, 0.2) is 0 Å². The van der Waals surface area contributed by atoms with Gasteiger partial charge in [-0.05, 0) is 19.1 Å². The topological polar surface area (TPSA) is 79.3 Å². The van der Waals surface area contributed by atoms with Crippen LogP contribution in [0.15, 0.2) is 23.6 Å². The van der Waals surface area contributed by atoms with E-state index in [0.29, 0.717) is 5.69 Å². The van der Waals surface area contributed by atoms with Crippen LogP contribution in [0, 0.1) is 12.7 Å². The SMILES string of the molecule is Cc1nc(CC(=O)Nc2cccc(F)c2C(=O)O)cs1. The zero-order valence-corrected chi connectivity index (χ0v) is 11.3.